The van der Waals surface area contributed by atoms with Crippen molar-refractivity contribution in [2.45, 2.75) is 50.8 Å². The predicted octanol–water partition coefficient (Wildman–Crippen LogP) is 3.58. The smallest absolute Gasteiger partial charge is 0.290 e. The number of alkyl halides is 1. The summed E-state index contributed by atoms with van der Waals surface area (Å²) in [5, 5.41) is 12.9. The van der Waals surface area contributed by atoms with Crippen LogP contribution in [0.15, 0.2) is 29.1 Å². The van der Waals surface area contributed by atoms with Gasteiger partial charge in [0.15, 0.2) is 0 Å². The van der Waals surface area contributed by atoms with E-state index in [4.69, 9.17) is 4.74 Å². The molecule has 30 heavy (non-hydrogen) atoms. The van der Waals surface area contributed by atoms with Gasteiger partial charge in [0, 0.05) is 25.5 Å². The molecule has 7 nitrogen and oxygen atoms in total. The van der Waals surface area contributed by atoms with Crippen molar-refractivity contribution in [3.05, 3.63) is 34.6 Å². The Labute approximate surface area is 173 Å². The van der Waals surface area contributed by atoms with Gasteiger partial charge in [-0.1, -0.05) is 0 Å². The molecule has 1 aliphatic carbocycles. The van der Waals surface area contributed by atoms with Crippen LogP contribution in [-0.4, -0.2) is 44.8 Å². The first-order valence-electron chi connectivity index (χ1n) is 10.6. The van der Waals surface area contributed by atoms with E-state index >= 15 is 0 Å². The lowest BCUT2D eigenvalue weighted by Gasteiger charge is -2.22. The third-order valence-corrected chi connectivity index (χ3v) is 6.14. The zero-order valence-corrected chi connectivity index (χ0v) is 17.3. The van der Waals surface area contributed by atoms with Gasteiger partial charge < -0.3 is 9.64 Å². The van der Waals surface area contributed by atoms with Crippen LogP contribution in [0.1, 0.15) is 39.0 Å². The molecule has 1 N–H and O–H groups in total. The predicted molar refractivity (Wildman–Crippen MR) is 114 cm³/mol. The molecule has 5 rings (SSSR count). The Hall–Kier alpha value is -2.90. The molecule has 0 radical (unpaired) electrons. The fourth-order valence-electron chi connectivity index (χ4n) is 4.05. The molecule has 1 aliphatic heterocycles. The first-order chi connectivity index (χ1) is 14.4. The molecule has 8 heteroatoms. The van der Waals surface area contributed by atoms with Gasteiger partial charge in [0.05, 0.1) is 5.52 Å². The van der Waals surface area contributed by atoms with Gasteiger partial charge in [0.25, 0.3) is 5.56 Å². The van der Waals surface area contributed by atoms with Gasteiger partial charge in [0.2, 0.25) is 0 Å². The number of aromatic nitrogens is 4. The zero-order chi connectivity index (χ0) is 20.9. The molecule has 1 atom stereocenters. The Bertz CT molecular complexity index is 1150. The second-order valence-corrected chi connectivity index (χ2v) is 8.69. The summed E-state index contributed by atoms with van der Waals surface area (Å²) in [4.78, 5) is 14.8. The highest BCUT2D eigenvalue weighted by Crippen LogP contribution is 2.40. The minimum absolute atomic E-state index is 0.0688. The molecule has 2 aliphatic rings. The SMILES string of the molecule is Cn1nc(-c2n[nH]c3ccc(OC4(C)CC4)cc23)cc(N2CCC[C@H](F)CC2)c1=O. The van der Waals surface area contributed by atoms with Crippen LogP contribution in [0.5, 0.6) is 5.75 Å². The van der Waals surface area contributed by atoms with Crippen LogP contribution in [-0.2, 0) is 7.05 Å². The quantitative estimate of drug-likeness (QED) is 0.710. The second kappa shape index (κ2) is 7.11. The van der Waals surface area contributed by atoms with E-state index in [-0.39, 0.29) is 11.2 Å². The number of ether oxygens (including phenoxy) is 1. The van der Waals surface area contributed by atoms with Crippen LogP contribution in [0.2, 0.25) is 0 Å². The zero-order valence-electron chi connectivity index (χ0n) is 17.3. The van der Waals surface area contributed by atoms with E-state index in [9.17, 15) is 9.18 Å². The third-order valence-electron chi connectivity index (χ3n) is 6.14. The summed E-state index contributed by atoms with van der Waals surface area (Å²) < 4.78 is 21.2. The Balaban J connectivity index is 1.55. The molecule has 1 aromatic carbocycles. The highest BCUT2D eigenvalue weighted by molar-refractivity contribution is 5.93. The summed E-state index contributed by atoms with van der Waals surface area (Å²) in [6.45, 7) is 3.30. The molecule has 0 bridgehead atoms. The van der Waals surface area contributed by atoms with E-state index in [0.717, 1.165) is 35.9 Å². The van der Waals surface area contributed by atoms with E-state index < -0.39 is 6.17 Å². The van der Waals surface area contributed by atoms with Crippen molar-refractivity contribution in [1.29, 1.82) is 0 Å². The largest absolute Gasteiger partial charge is 0.488 e. The average Bonchev–Trinajstić information content (AvgIpc) is 3.36. The molecule has 2 fully saturated rings. The molecule has 3 aromatic rings. The number of nitrogens with zero attached hydrogens (tertiary/aromatic N) is 4. The molecule has 158 valence electrons. The normalized spacial score (nSPS) is 20.9. The molecule has 2 aromatic heterocycles. The van der Waals surface area contributed by atoms with Gasteiger partial charge in [-0.05, 0) is 63.3 Å². The minimum atomic E-state index is -0.804. The van der Waals surface area contributed by atoms with Crippen LogP contribution < -0.4 is 15.2 Å². The summed E-state index contributed by atoms with van der Waals surface area (Å²) in [6, 6.07) is 7.65. The van der Waals surface area contributed by atoms with Gasteiger partial charge in [-0.25, -0.2) is 9.07 Å². The van der Waals surface area contributed by atoms with Crippen LogP contribution in [0.3, 0.4) is 0 Å². The number of fused-ring (bicyclic) bond motifs is 1. The number of halogens is 1. The number of aryl methyl sites for hydroxylation is 1. The van der Waals surface area contributed by atoms with Gasteiger partial charge in [-0.2, -0.15) is 10.2 Å². The average molecular weight is 411 g/mol. The van der Waals surface area contributed by atoms with E-state index in [1.165, 1.54) is 4.68 Å². The summed E-state index contributed by atoms with van der Waals surface area (Å²) >= 11 is 0. The lowest BCUT2D eigenvalue weighted by molar-refractivity contribution is 0.200. The third kappa shape index (κ3) is 3.55. The first-order valence-corrected chi connectivity index (χ1v) is 10.6. The van der Waals surface area contributed by atoms with Crippen LogP contribution in [0.4, 0.5) is 10.1 Å². The molecule has 1 saturated carbocycles. The maximum atomic E-state index is 13.8. The lowest BCUT2D eigenvalue weighted by Crippen LogP contribution is -2.33. The highest BCUT2D eigenvalue weighted by atomic mass is 19.1. The van der Waals surface area contributed by atoms with Gasteiger partial charge in [0.1, 0.15) is 34.6 Å². The minimum Gasteiger partial charge on any atom is -0.488 e. The maximum Gasteiger partial charge on any atom is 0.290 e. The number of benzene rings is 1. The van der Waals surface area contributed by atoms with Crippen molar-refractivity contribution in [3.8, 4) is 17.1 Å². The summed E-state index contributed by atoms with van der Waals surface area (Å²) in [5.41, 5.74) is 2.46. The number of anilines is 1. The fraction of sp³-hybridized carbons (Fsp3) is 0.500. The van der Waals surface area contributed by atoms with Gasteiger partial charge in [-0.15, -0.1) is 0 Å². The first kappa shape index (κ1) is 19.1. The van der Waals surface area contributed by atoms with E-state index in [1.54, 1.807) is 13.1 Å². The van der Waals surface area contributed by atoms with Crippen LogP contribution in [0.25, 0.3) is 22.3 Å². The van der Waals surface area contributed by atoms with E-state index in [2.05, 4.69) is 22.2 Å². The molecule has 0 amide bonds. The van der Waals surface area contributed by atoms with Gasteiger partial charge >= 0.3 is 0 Å². The monoisotopic (exact) mass is 411 g/mol. The number of H-pyrrole nitrogens is 1. The van der Waals surface area contributed by atoms with Crippen molar-refractivity contribution in [2.75, 3.05) is 18.0 Å². The molecular weight excluding hydrogens is 385 g/mol. The Morgan fingerprint density at radius 2 is 2.07 bits per heavy atom. The Kier molecular flexibility index (Phi) is 4.52. The van der Waals surface area contributed by atoms with E-state index in [0.29, 0.717) is 43.0 Å². The molecule has 0 spiro atoms. The van der Waals surface area contributed by atoms with Crippen molar-refractivity contribution in [2.24, 2.45) is 7.05 Å². The van der Waals surface area contributed by atoms with Crippen molar-refractivity contribution >= 4 is 16.6 Å². The number of aromatic amines is 1. The molecule has 1 saturated heterocycles. The standard InChI is InChI=1S/C22H26FN5O2/c1-22(8-9-22)30-15-5-6-17-16(12-15)20(25-24-17)18-13-19(21(29)27(2)26-18)28-10-3-4-14(23)7-11-28/h5-6,12-14H,3-4,7-11H2,1-2H3,(H,24,25)/t14-/m0/s1. The summed E-state index contributed by atoms with van der Waals surface area (Å²) in [7, 11) is 1.64. The fourth-order valence-corrected chi connectivity index (χ4v) is 4.05. The summed E-state index contributed by atoms with van der Waals surface area (Å²) in [5.74, 6) is 0.802. The Morgan fingerprint density at radius 1 is 1.23 bits per heavy atom. The molecular formula is C22H26FN5O2. The number of nitrogens with one attached hydrogen (secondary N) is 1. The topological polar surface area (TPSA) is 76.0 Å². The van der Waals surface area contributed by atoms with Crippen molar-refractivity contribution < 1.29 is 9.13 Å². The number of hydrogen-bond acceptors (Lipinski definition) is 5. The van der Waals surface area contributed by atoms with Crippen LogP contribution >= 0.6 is 0 Å². The summed E-state index contributed by atoms with van der Waals surface area (Å²) in [6.07, 6.45) is 3.02. The van der Waals surface area contributed by atoms with Crippen molar-refractivity contribution in [3.63, 3.8) is 0 Å². The van der Waals surface area contributed by atoms with Crippen molar-refractivity contribution in [1.82, 2.24) is 20.0 Å². The van der Waals surface area contributed by atoms with E-state index in [1.807, 2.05) is 23.1 Å². The Morgan fingerprint density at radius 3 is 2.87 bits per heavy atom. The highest BCUT2D eigenvalue weighted by Gasteiger charge is 2.40. The van der Waals surface area contributed by atoms with Gasteiger partial charge in [-0.3, -0.25) is 9.89 Å². The number of hydrogen-bond donors (Lipinski definition) is 1. The van der Waals surface area contributed by atoms with Crippen LogP contribution in [0, 0.1) is 0 Å². The maximum absolute atomic E-state index is 13.8. The molecule has 3 heterocycles. The molecule has 0 unspecified atom stereocenters. The number of rotatable bonds is 4. The lowest BCUT2D eigenvalue weighted by atomic mass is 10.1. The second-order valence-electron chi connectivity index (χ2n) is 8.69.